The second-order valence-corrected chi connectivity index (χ2v) is 4.56. The van der Waals surface area contributed by atoms with Crippen molar-refractivity contribution in [2.24, 2.45) is 5.10 Å². The third-order valence-corrected chi connectivity index (χ3v) is 3.39. The highest BCUT2D eigenvalue weighted by Crippen LogP contribution is 2.32. The van der Waals surface area contributed by atoms with Crippen LogP contribution in [0.1, 0.15) is 11.1 Å². The number of amides is 1. The zero-order valence-corrected chi connectivity index (χ0v) is 9.64. The topological polar surface area (TPSA) is 44.7 Å². The first-order valence-corrected chi connectivity index (χ1v) is 5.50. The number of nitrogens with one attached hydrogen (secondary N) is 1. The molecule has 0 spiro atoms. The summed E-state index contributed by atoms with van der Waals surface area (Å²) < 4.78 is 0. The fourth-order valence-electron chi connectivity index (χ4n) is 1.96. The van der Waals surface area contributed by atoms with Gasteiger partial charge in [0.15, 0.2) is 5.84 Å². The molecule has 6 heteroatoms. The first kappa shape index (κ1) is 9.93. The Balaban J connectivity index is 2.12. The highest BCUT2D eigenvalue weighted by molar-refractivity contribution is 6.42. The summed E-state index contributed by atoms with van der Waals surface area (Å²) in [4.78, 5) is 13.1. The van der Waals surface area contributed by atoms with Gasteiger partial charge in [0, 0.05) is 12.1 Å². The first-order chi connectivity index (χ1) is 7.65. The van der Waals surface area contributed by atoms with Crippen molar-refractivity contribution in [2.45, 2.75) is 6.54 Å². The number of carbonyl (C=O) groups is 1. The van der Waals surface area contributed by atoms with Gasteiger partial charge in [-0.1, -0.05) is 23.2 Å². The molecule has 82 valence electrons. The van der Waals surface area contributed by atoms with E-state index in [-0.39, 0.29) is 5.91 Å². The smallest absolute Gasteiger partial charge is 0.259 e. The van der Waals surface area contributed by atoms with Gasteiger partial charge in [-0.15, -0.1) is 0 Å². The molecule has 0 fully saturated rings. The number of carbonyl (C=O) groups excluding carboxylic acids is 1. The van der Waals surface area contributed by atoms with E-state index in [2.05, 4.69) is 10.5 Å². The maximum atomic E-state index is 11.2. The van der Waals surface area contributed by atoms with E-state index >= 15 is 0 Å². The standard InChI is InChI=1S/C10H7Cl2N3O/c11-7-1-5-3-15-4-9(16)13-14-10(15)6(5)2-8(7)12/h1-2H,3-4H2,(H,13,16). The zero-order valence-electron chi connectivity index (χ0n) is 8.13. The van der Waals surface area contributed by atoms with Crippen molar-refractivity contribution in [1.29, 1.82) is 0 Å². The lowest BCUT2D eigenvalue weighted by atomic mass is 10.1. The van der Waals surface area contributed by atoms with Crippen LogP contribution in [0.15, 0.2) is 17.2 Å². The van der Waals surface area contributed by atoms with Gasteiger partial charge in [0.2, 0.25) is 0 Å². The van der Waals surface area contributed by atoms with Crippen molar-refractivity contribution < 1.29 is 4.79 Å². The van der Waals surface area contributed by atoms with Crippen molar-refractivity contribution in [1.82, 2.24) is 10.3 Å². The zero-order chi connectivity index (χ0) is 11.3. The van der Waals surface area contributed by atoms with Crippen molar-refractivity contribution >= 4 is 34.9 Å². The highest BCUT2D eigenvalue weighted by atomic mass is 35.5. The summed E-state index contributed by atoms with van der Waals surface area (Å²) in [5.74, 6) is 0.655. The molecule has 0 unspecified atom stereocenters. The molecule has 1 amide bonds. The van der Waals surface area contributed by atoms with Gasteiger partial charge in [-0.2, -0.15) is 5.10 Å². The number of amidine groups is 1. The van der Waals surface area contributed by atoms with Crippen LogP contribution in [-0.4, -0.2) is 23.2 Å². The van der Waals surface area contributed by atoms with Crippen molar-refractivity contribution in [2.75, 3.05) is 6.54 Å². The van der Waals surface area contributed by atoms with Gasteiger partial charge in [-0.25, -0.2) is 5.43 Å². The molecule has 2 aliphatic heterocycles. The van der Waals surface area contributed by atoms with Gasteiger partial charge in [0.05, 0.1) is 10.0 Å². The Kier molecular flexibility index (Phi) is 2.09. The van der Waals surface area contributed by atoms with Crippen molar-refractivity contribution in [3.8, 4) is 0 Å². The van der Waals surface area contributed by atoms with Crippen LogP contribution in [0.3, 0.4) is 0 Å². The summed E-state index contributed by atoms with van der Waals surface area (Å²) >= 11 is 11.9. The normalized spacial score (nSPS) is 17.8. The van der Waals surface area contributed by atoms with Crippen LogP contribution in [0.4, 0.5) is 0 Å². The Hall–Kier alpha value is -1.26. The summed E-state index contributed by atoms with van der Waals surface area (Å²) in [6, 6.07) is 3.61. The molecule has 1 aromatic rings. The van der Waals surface area contributed by atoms with Gasteiger partial charge in [0.1, 0.15) is 6.54 Å². The Morgan fingerprint density at radius 3 is 2.81 bits per heavy atom. The predicted molar refractivity (Wildman–Crippen MR) is 61.6 cm³/mol. The number of nitrogens with zero attached hydrogens (tertiary/aromatic N) is 2. The van der Waals surface area contributed by atoms with Crippen molar-refractivity contribution in [3.05, 3.63) is 33.3 Å². The Morgan fingerprint density at radius 1 is 1.25 bits per heavy atom. The second kappa shape index (κ2) is 3.37. The number of halogens is 2. The molecule has 16 heavy (non-hydrogen) atoms. The SMILES string of the molecule is O=C1CN2Cc3cc(Cl)c(Cl)cc3C2=NN1. The number of fused-ring (bicyclic) bond motifs is 3. The van der Waals surface area contributed by atoms with E-state index < -0.39 is 0 Å². The lowest BCUT2D eigenvalue weighted by Crippen LogP contribution is -2.41. The van der Waals surface area contributed by atoms with Crippen LogP contribution in [-0.2, 0) is 11.3 Å². The van der Waals surface area contributed by atoms with Crippen LogP contribution in [0.5, 0.6) is 0 Å². The molecule has 2 aliphatic rings. The maximum absolute atomic E-state index is 11.2. The van der Waals surface area contributed by atoms with E-state index in [9.17, 15) is 4.79 Å². The minimum absolute atomic E-state index is 0.103. The number of hydrazone groups is 1. The fraction of sp³-hybridized carbons (Fsp3) is 0.200. The molecule has 0 aliphatic carbocycles. The molecule has 0 atom stereocenters. The molecular formula is C10H7Cl2N3O. The minimum Gasteiger partial charge on any atom is -0.341 e. The summed E-state index contributed by atoms with van der Waals surface area (Å²) in [5.41, 5.74) is 4.44. The van der Waals surface area contributed by atoms with Crippen LogP contribution < -0.4 is 5.43 Å². The quantitative estimate of drug-likeness (QED) is 0.766. The van der Waals surface area contributed by atoms with E-state index in [4.69, 9.17) is 23.2 Å². The minimum atomic E-state index is -0.103. The molecule has 0 saturated carbocycles. The second-order valence-electron chi connectivity index (χ2n) is 3.75. The lowest BCUT2D eigenvalue weighted by Gasteiger charge is -2.21. The average molecular weight is 256 g/mol. The molecule has 3 rings (SSSR count). The number of hydrogen-bond acceptors (Lipinski definition) is 3. The molecule has 0 saturated heterocycles. The van der Waals surface area contributed by atoms with Crippen molar-refractivity contribution in [3.63, 3.8) is 0 Å². The van der Waals surface area contributed by atoms with Gasteiger partial charge in [-0.3, -0.25) is 4.79 Å². The lowest BCUT2D eigenvalue weighted by molar-refractivity contribution is -0.122. The van der Waals surface area contributed by atoms with Gasteiger partial charge < -0.3 is 4.90 Å². The summed E-state index contributed by atoms with van der Waals surface area (Å²) in [7, 11) is 0. The highest BCUT2D eigenvalue weighted by Gasteiger charge is 2.30. The molecule has 1 N–H and O–H groups in total. The van der Waals surface area contributed by atoms with Crippen LogP contribution in [0.25, 0.3) is 0 Å². The molecular weight excluding hydrogens is 249 g/mol. The Bertz CT molecular complexity index is 527. The van der Waals surface area contributed by atoms with E-state index in [0.717, 1.165) is 17.0 Å². The van der Waals surface area contributed by atoms with Crippen LogP contribution in [0, 0.1) is 0 Å². The number of benzene rings is 1. The summed E-state index contributed by atoms with van der Waals surface area (Å²) in [6.45, 7) is 0.973. The number of hydrogen-bond donors (Lipinski definition) is 1. The van der Waals surface area contributed by atoms with Gasteiger partial charge in [0.25, 0.3) is 5.91 Å². The monoisotopic (exact) mass is 255 g/mol. The molecule has 2 heterocycles. The molecule has 0 aromatic heterocycles. The van der Waals surface area contributed by atoms with E-state index in [1.165, 1.54) is 0 Å². The van der Waals surface area contributed by atoms with Crippen LogP contribution in [0.2, 0.25) is 10.0 Å². The number of rotatable bonds is 0. The summed E-state index contributed by atoms with van der Waals surface area (Å²) in [5, 5.41) is 5.06. The molecule has 0 radical (unpaired) electrons. The van der Waals surface area contributed by atoms with Gasteiger partial charge >= 0.3 is 0 Å². The predicted octanol–water partition coefficient (Wildman–Crippen LogP) is 1.60. The van der Waals surface area contributed by atoms with Crippen LogP contribution >= 0.6 is 23.2 Å². The fourth-order valence-corrected chi connectivity index (χ4v) is 2.31. The van der Waals surface area contributed by atoms with E-state index in [1.807, 2.05) is 11.0 Å². The molecule has 4 nitrogen and oxygen atoms in total. The third kappa shape index (κ3) is 1.37. The third-order valence-electron chi connectivity index (χ3n) is 2.67. The first-order valence-electron chi connectivity index (χ1n) is 4.75. The summed E-state index contributed by atoms with van der Waals surface area (Å²) in [6.07, 6.45) is 0. The Labute approximate surface area is 102 Å². The van der Waals surface area contributed by atoms with Gasteiger partial charge in [-0.05, 0) is 17.7 Å². The van der Waals surface area contributed by atoms with E-state index in [0.29, 0.717) is 23.1 Å². The Morgan fingerprint density at radius 2 is 2.00 bits per heavy atom. The van der Waals surface area contributed by atoms with E-state index in [1.54, 1.807) is 6.07 Å². The molecule has 1 aromatic carbocycles. The molecule has 0 bridgehead atoms. The maximum Gasteiger partial charge on any atom is 0.259 e. The largest absolute Gasteiger partial charge is 0.341 e. The average Bonchev–Trinajstić information content (AvgIpc) is 2.55.